The molecule has 0 spiro atoms. The maximum absolute atomic E-state index is 13.4. The van der Waals surface area contributed by atoms with Gasteiger partial charge in [-0.15, -0.1) is 0 Å². The normalized spacial score (nSPS) is 10.2. The molecule has 0 aliphatic rings. The first kappa shape index (κ1) is 19.4. The zero-order chi connectivity index (χ0) is 17.3. The molecule has 1 rings (SSSR count). The molecule has 9 heteroatoms. The smallest absolute Gasteiger partial charge is 0.381 e. The van der Waals surface area contributed by atoms with Crippen LogP contribution in [0.5, 0.6) is 0 Å². The molecule has 0 saturated heterocycles. The minimum absolute atomic E-state index is 0.106. The van der Waals surface area contributed by atoms with Crippen LogP contribution in [0.3, 0.4) is 0 Å². The SMILES string of the molecule is CCOC(=O)C(F)(F)c1ccc(C#N)cc1.O=C(O)C(F)F. The van der Waals surface area contributed by atoms with E-state index >= 15 is 0 Å². The third-order valence-electron chi connectivity index (χ3n) is 2.10. The summed E-state index contributed by atoms with van der Waals surface area (Å²) in [4.78, 5) is 19.9. The fourth-order valence-corrected chi connectivity index (χ4v) is 1.09. The second-order valence-electron chi connectivity index (χ2n) is 3.62. The van der Waals surface area contributed by atoms with Crippen LogP contribution in [0.2, 0.25) is 0 Å². The molecule has 0 saturated carbocycles. The molecule has 0 aromatic heterocycles. The molecular weight excluding hydrogens is 310 g/mol. The highest BCUT2D eigenvalue weighted by Crippen LogP contribution is 2.29. The maximum Gasteiger partial charge on any atom is 0.381 e. The van der Waals surface area contributed by atoms with Gasteiger partial charge >= 0.3 is 24.3 Å². The molecule has 120 valence electrons. The average Bonchev–Trinajstić information content (AvgIpc) is 2.48. The lowest BCUT2D eigenvalue weighted by Gasteiger charge is -2.14. The molecule has 0 heterocycles. The predicted molar refractivity (Wildman–Crippen MR) is 65.3 cm³/mol. The Hall–Kier alpha value is -2.63. The van der Waals surface area contributed by atoms with Crippen molar-refractivity contribution >= 4 is 11.9 Å². The number of ether oxygens (including phenoxy) is 1. The molecule has 1 aromatic carbocycles. The van der Waals surface area contributed by atoms with E-state index < -0.39 is 29.9 Å². The largest absolute Gasteiger partial charge is 0.477 e. The van der Waals surface area contributed by atoms with Gasteiger partial charge in [-0.2, -0.15) is 22.8 Å². The van der Waals surface area contributed by atoms with Crippen molar-refractivity contribution < 1.29 is 37.0 Å². The molecule has 0 atom stereocenters. The second kappa shape index (κ2) is 8.61. The lowest BCUT2D eigenvalue weighted by atomic mass is 10.1. The van der Waals surface area contributed by atoms with Gasteiger partial charge in [0, 0.05) is 5.56 Å². The molecule has 0 amide bonds. The van der Waals surface area contributed by atoms with Crippen LogP contribution >= 0.6 is 0 Å². The lowest BCUT2D eigenvalue weighted by molar-refractivity contribution is -0.173. The number of carboxylic acid groups (broad SMARTS) is 1. The summed E-state index contributed by atoms with van der Waals surface area (Å²) in [6.07, 6.45) is -3.23. The second-order valence-corrected chi connectivity index (χ2v) is 3.62. The monoisotopic (exact) mass is 321 g/mol. The Morgan fingerprint density at radius 2 is 1.77 bits per heavy atom. The number of alkyl halides is 4. The highest BCUT2D eigenvalue weighted by atomic mass is 19.3. The van der Waals surface area contributed by atoms with Gasteiger partial charge in [0.1, 0.15) is 0 Å². The van der Waals surface area contributed by atoms with Crippen LogP contribution in [0.15, 0.2) is 24.3 Å². The summed E-state index contributed by atoms with van der Waals surface area (Å²) >= 11 is 0. The van der Waals surface area contributed by atoms with E-state index in [0.29, 0.717) is 0 Å². The summed E-state index contributed by atoms with van der Waals surface area (Å²) < 4.78 is 52.2. The van der Waals surface area contributed by atoms with E-state index in [2.05, 4.69) is 4.74 Å². The standard InChI is InChI=1S/C11H9F2NO2.C2H2F2O2/c1-2-16-10(15)11(12,13)9-5-3-8(7-14)4-6-9;3-1(4)2(5)6/h3-6H,2H2,1H3;1H,(H,5,6). The number of aliphatic carboxylic acids is 1. The number of hydrogen-bond acceptors (Lipinski definition) is 4. The van der Waals surface area contributed by atoms with E-state index in [1.165, 1.54) is 19.1 Å². The maximum atomic E-state index is 13.4. The Labute approximate surface area is 122 Å². The summed E-state index contributed by atoms with van der Waals surface area (Å²) in [5.41, 5.74) is -0.228. The van der Waals surface area contributed by atoms with Gasteiger partial charge < -0.3 is 9.84 Å². The van der Waals surface area contributed by atoms with Crippen LogP contribution in [-0.4, -0.2) is 30.1 Å². The van der Waals surface area contributed by atoms with Crippen molar-refractivity contribution in [2.24, 2.45) is 0 Å². The zero-order valence-electron chi connectivity index (χ0n) is 11.2. The number of benzene rings is 1. The number of carbonyl (C=O) groups excluding carboxylic acids is 1. The highest BCUT2D eigenvalue weighted by molar-refractivity contribution is 5.79. The fraction of sp³-hybridized carbons (Fsp3) is 0.308. The molecule has 0 unspecified atom stereocenters. The van der Waals surface area contributed by atoms with E-state index in [0.717, 1.165) is 12.1 Å². The van der Waals surface area contributed by atoms with Gasteiger partial charge in [-0.3, -0.25) is 0 Å². The summed E-state index contributed by atoms with van der Waals surface area (Å²) in [5, 5.41) is 15.7. The number of esters is 1. The first-order chi connectivity index (χ1) is 10.2. The minimum Gasteiger partial charge on any atom is -0.477 e. The van der Waals surface area contributed by atoms with Crippen molar-refractivity contribution in [1.82, 2.24) is 0 Å². The van der Waals surface area contributed by atoms with Crippen LogP contribution in [0.25, 0.3) is 0 Å². The summed E-state index contributed by atoms with van der Waals surface area (Å²) in [5.74, 6) is -7.33. The number of hydrogen-bond donors (Lipinski definition) is 1. The van der Waals surface area contributed by atoms with Gasteiger partial charge in [0.15, 0.2) is 0 Å². The van der Waals surface area contributed by atoms with Gasteiger partial charge in [0.05, 0.1) is 18.2 Å². The molecule has 0 radical (unpaired) electrons. The van der Waals surface area contributed by atoms with Crippen molar-refractivity contribution in [3.63, 3.8) is 0 Å². The van der Waals surface area contributed by atoms with Crippen LogP contribution in [0, 0.1) is 11.3 Å². The van der Waals surface area contributed by atoms with Crippen LogP contribution in [-0.2, 0) is 20.2 Å². The van der Waals surface area contributed by atoms with E-state index in [-0.39, 0.29) is 12.2 Å². The van der Waals surface area contributed by atoms with Crippen molar-refractivity contribution in [3.05, 3.63) is 35.4 Å². The Bertz CT molecular complexity index is 552. The topological polar surface area (TPSA) is 87.4 Å². The molecule has 22 heavy (non-hydrogen) atoms. The molecule has 0 aliphatic carbocycles. The van der Waals surface area contributed by atoms with E-state index in [1.54, 1.807) is 6.07 Å². The van der Waals surface area contributed by atoms with Gasteiger partial charge in [-0.05, 0) is 19.1 Å². The lowest BCUT2D eigenvalue weighted by Crippen LogP contribution is -2.28. The average molecular weight is 321 g/mol. The number of nitriles is 1. The minimum atomic E-state index is -3.68. The van der Waals surface area contributed by atoms with E-state index in [1.807, 2.05) is 0 Å². The Morgan fingerprint density at radius 3 is 2.09 bits per heavy atom. The Balaban J connectivity index is 0.000000626. The summed E-state index contributed by atoms with van der Waals surface area (Å²) in [6.45, 7) is 1.34. The van der Waals surface area contributed by atoms with Gasteiger partial charge in [0.25, 0.3) is 0 Å². The number of carboxylic acids is 1. The number of halogens is 4. The molecule has 0 aliphatic heterocycles. The predicted octanol–water partition coefficient (Wildman–Crippen LogP) is 2.55. The molecule has 0 bridgehead atoms. The third kappa shape index (κ3) is 5.78. The quantitative estimate of drug-likeness (QED) is 0.680. The van der Waals surface area contributed by atoms with Gasteiger partial charge in [0.2, 0.25) is 0 Å². The summed E-state index contributed by atoms with van der Waals surface area (Å²) in [7, 11) is 0. The Kier molecular flexibility index (Phi) is 7.58. The van der Waals surface area contributed by atoms with Crippen molar-refractivity contribution in [2.75, 3.05) is 6.61 Å². The van der Waals surface area contributed by atoms with E-state index in [4.69, 9.17) is 15.2 Å². The molecule has 5 nitrogen and oxygen atoms in total. The number of rotatable bonds is 4. The van der Waals surface area contributed by atoms with Crippen molar-refractivity contribution in [3.8, 4) is 6.07 Å². The Morgan fingerprint density at radius 1 is 1.32 bits per heavy atom. The highest BCUT2D eigenvalue weighted by Gasteiger charge is 2.42. The van der Waals surface area contributed by atoms with Crippen molar-refractivity contribution in [1.29, 1.82) is 5.26 Å². The van der Waals surface area contributed by atoms with Crippen LogP contribution < -0.4 is 0 Å². The van der Waals surface area contributed by atoms with Crippen LogP contribution in [0.1, 0.15) is 18.1 Å². The first-order valence-electron chi connectivity index (χ1n) is 5.73. The molecular formula is C13H11F4NO4. The molecule has 1 N–H and O–H groups in total. The third-order valence-corrected chi connectivity index (χ3v) is 2.10. The number of nitrogens with zero attached hydrogens (tertiary/aromatic N) is 1. The molecule has 0 fully saturated rings. The zero-order valence-corrected chi connectivity index (χ0v) is 11.2. The summed E-state index contributed by atoms with van der Waals surface area (Å²) in [6, 6.07) is 6.32. The van der Waals surface area contributed by atoms with Crippen LogP contribution in [0.4, 0.5) is 17.6 Å². The van der Waals surface area contributed by atoms with Gasteiger partial charge in [-0.25, -0.2) is 9.59 Å². The van der Waals surface area contributed by atoms with Gasteiger partial charge in [-0.1, -0.05) is 12.1 Å². The van der Waals surface area contributed by atoms with Crippen molar-refractivity contribution in [2.45, 2.75) is 19.3 Å². The van der Waals surface area contributed by atoms with E-state index in [9.17, 15) is 22.4 Å². The fourth-order valence-electron chi connectivity index (χ4n) is 1.09. The number of carbonyl (C=O) groups is 2. The first-order valence-corrected chi connectivity index (χ1v) is 5.73. The molecule has 1 aromatic rings.